The Morgan fingerprint density at radius 2 is 1.89 bits per heavy atom. The molecule has 94 valence electrons. The fourth-order valence-corrected chi connectivity index (χ4v) is 1.49. The second-order valence-corrected chi connectivity index (χ2v) is 3.91. The van der Waals surface area contributed by atoms with Gasteiger partial charge in [-0.2, -0.15) is 0 Å². The molecule has 2 N–H and O–H groups in total. The first kappa shape index (κ1) is 12.8. The Hall–Kier alpha value is -1.69. The van der Waals surface area contributed by atoms with E-state index in [1.807, 2.05) is 0 Å². The van der Waals surface area contributed by atoms with Crippen molar-refractivity contribution in [3.63, 3.8) is 0 Å². The lowest BCUT2D eigenvalue weighted by Gasteiger charge is -2.11. The van der Waals surface area contributed by atoms with Gasteiger partial charge in [0.2, 0.25) is 5.88 Å². The van der Waals surface area contributed by atoms with Gasteiger partial charge >= 0.3 is 0 Å². The van der Waals surface area contributed by atoms with Gasteiger partial charge in [0.15, 0.2) is 6.29 Å². The third kappa shape index (κ3) is 2.95. The first-order chi connectivity index (χ1) is 8.56. The van der Waals surface area contributed by atoms with Crippen molar-refractivity contribution >= 4 is 11.6 Å². The Labute approximate surface area is 107 Å². The molecule has 0 saturated heterocycles. The van der Waals surface area contributed by atoms with Crippen LogP contribution < -0.4 is 4.74 Å². The van der Waals surface area contributed by atoms with E-state index >= 15 is 0 Å². The number of pyridine rings is 1. The summed E-state index contributed by atoms with van der Waals surface area (Å²) in [6, 6.07) is 6.58. The highest BCUT2D eigenvalue weighted by Crippen LogP contribution is 2.28. The first-order valence-corrected chi connectivity index (χ1v) is 5.39. The maximum absolute atomic E-state index is 12.7. The summed E-state index contributed by atoms with van der Waals surface area (Å²) in [7, 11) is 0. The molecule has 0 fully saturated rings. The number of aliphatic hydroxyl groups excluding tert-OH is 1. The van der Waals surface area contributed by atoms with E-state index in [9.17, 15) is 4.39 Å². The maximum Gasteiger partial charge on any atom is 0.227 e. The molecule has 2 rings (SSSR count). The smallest absolute Gasteiger partial charge is 0.227 e. The summed E-state index contributed by atoms with van der Waals surface area (Å²) >= 11 is 5.69. The monoisotopic (exact) mass is 269 g/mol. The summed E-state index contributed by atoms with van der Waals surface area (Å²) in [4.78, 5) is 3.85. The molecule has 1 aromatic heterocycles. The maximum atomic E-state index is 12.7. The first-order valence-electron chi connectivity index (χ1n) is 5.01. The fraction of sp³-hybridized carbons (Fsp3) is 0.0833. The minimum Gasteiger partial charge on any atom is -0.439 e. The molecular formula is C12H9ClFNO3. The summed E-state index contributed by atoms with van der Waals surface area (Å²) in [5, 5.41) is 18.6. The highest BCUT2D eigenvalue weighted by Gasteiger charge is 2.13. The van der Waals surface area contributed by atoms with Crippen LogP contribution >= 0.6 is 11.6 Å². The second-order valence-electron chi connectivity index (χ2n) is 3.48. The van der Waals surface area contributed by atoms with E-state index in [1.165, 1.54) is 36.5 Å². The van der Waals surface area contributed by atoms with Gasteiger partial charge < -0.3 is 14.9 Å². The van der Waals surface area contributed by atoms with Gasteiger partial charge in [0.1, 0.15) is 11.6 Å². The van der Waals surface area contributed by atoms with Crippen LogP contribution in [0.4, 0.5) is 4.39 Å². The lowest BCUT2D eigenvalue weighted by atomic mass is 10.2. The van der Waals surface area contributed by atoms with Gasteiger partial charge in [-0.1, -0.05) is 11.6 Å². The molecular weight excluding hydrogens is 261 g/mol. The molecule has 4 nitrogen and oxygen atoms in total. The van der Waals surface area contributed by atoms with Crippen molar-refractivity contribution in [1.29, 1.82) is 0 Å². The van der Waals surface area contributed by atoms with Crippen molar-refractivity contribution in [2.24, 2.45) is 0 Å². The van der Waals surface area contributed by atoms with Gasteiger partial charge in [0.05, 0.1) is 10.6 Å². The van der Waals surface area contributed by atoms with Crippen LogP contribution in [0, 0.1) is 5.82 Å². The summed E-state index contributed by atoms with van der Waals surface area (Å²) in [6.07, 6.45) is -0.446. The highest BCUT2D eigenvalue weighted by atomic mass is 35.5. The van der Waals surface area contributed by atoms with Gasteiger partial charge in [0.25, 0.3) is 0 Å². The predicted molar refractivity (Wildman–Crippen MR) is 62.9 cm³/mol. The van der Waals surface area contributed by atoms with Crippen LogP contribution in [0.25, 0.3) is 0 Å². The van der Waals surface area contributed by atoms with Gasteiger partial charge in [-0.25, -0.2) is 9.37 Å². The van der Waals surface area contributed by atoms with Gasteiger partial charge in [-0.3, -0.25) is 0 Å². The van der Waals surface area contributed by atoms with E-state index in [0.717, 1.165) is 0 Å². The number of aliphatic hydroxyl groups is 2. The zero-order valence-electron chi connectivity index (χ0n) is 9.05. The normalized spacial score (nSPS) is 10.7. The van der Waals surface area contributed by atoms with Crippen LogP contribution in [0.15, 0.2) is 36.5 Å². The molecule has 0 unspecified atom stereocenters. The quantitative estimate of drug-likeness (QED) is 0.841. The van der Waals surface area contributed by atoms with Crippen molar-refractivity contribution in [3.8, 4) is 11.6 Å². The van der Waals surface area contributed by atoms with Gasteiger partial charge in [-0.15, -0.1) is 0 Å². The van der Waals surface area contributed by atoms with Crippen LogP contribution in [0.3, 0.4) is 0 Å². The van der Waals surface area contributed by atoms with Crippen molar-refractivity contribution in [1.82, 2.24) is 4.98 Å². The van der Waals surface area contributed by atoms with Gasteiger partial charge in [-0.05, 0) is 30.3 Å². The van der Waals surface area contributed by atoms with Crippen LogP contribution in [-0.2, 0) is 0 Å². The minimum absolute atomic E-state index is 0.000933. The number of aromatic nitrogens is 1. The minimum atomic E-state index is -1.76. The average molecular weight is 270 g/mol. The molecule has 0 radical (unpaired) electrons. The van der Waals surface area contributed by atoms with E-state index in [-0.39, 0.29) is 16.5 Å². The van der Waals surface area contributed by atoms with Gasteiger partial charge in [0, 0.05) is 6.20 Å². The molecule has 0 amide bonds. The Balaban J connectivity index is 2.31. The number of nitrogens with zero attached hydrogens (tertiary/aromatic N) is 1. The topological polar surface area (TPSA) is 62.6 Å². The molecule has 18 heavy (non-hydrogen) atoms. The van der Waals surface area contributed by atoms with Crippen molar-refractivity contribution < 1.29 is 19.3 Å². The summed E-state index contributed by atoms with van der Waals surface area (Å²) in [5.41, 5.74) is 0.0341. The molecule has 0 spiro atoms. The molecule has 6 heteroatoms. The predicted octanol–water partition coefficient (Wildman–Crippen LogP) is 2.65. The zero-order chi connectivity index (χ0) is 13.1. The van der Waals surface area contributed by atoms with Crippen molar-refractivity contribution in [2.75, 3.05) is 0 Å². The molecule has 1 aromatic carbocycles. The van der Waals surface area contributed by atoms with E-state index in [2.05, 4.69) is 4.98 Å². The van der Waals surface area contributed by atoms with Crippen LogP contribution in [0.1, 0.15) is 11.9 Å². The number of rotatable bonds is 3. The Kier molecular flexibility index (Phi) is 3.76. The Morgan fingerprint density at radius 1 is 1.22 bits per heavy atom. The average Bonchev–Trinajstić information content (AvgIpc) is 2.34. The lowest BCUT2D eigenvalue weighted by Crippen LogP contribution is -2.00. The molecule has 0 bridgehead atoms. The van der Waals surface area contributed by atoms with Crippen LogP contribution in [-0.4, -0.2) is 15.2 Å². The molecule has 0 atom stereocenters. The summed E-state index contributed by atoms with van der Waals surface area (Å²) in [6.45, 7) is 0. The summed E-state index contributed by atoms with van der Waals surface area (Å²) in [5.74, 6) is -0.0667. The third-order valence-electron chi connectivity index (χ3n) is 2.15. The number of benzene rings is 1. The van der Waals surface area contributed by atoms with E-state index < -0.39 is 12.1 Å². The number of hydrogen-bond donors (Lipinski definition) is 2. The van der Waals surface area contributed by atoms with E-state index in [1.54, 1.807) is 0 Å². The SMILES string of the molecule is OC(O)c1cc(Cl)cnc1Oc1ccc(F)cc1. The van der Waals surface area contributed by atoms with Crippen LogP contribution in [0.2, 0.25) is 5.02 Å². The number of halogens is 2. The summed E-state index contributed by atoms with van der Waals surface area (Å²) < 4.78 is 18.0. The lowest BCUT2D eigenvalue weighted by molar-refractivity contribution is -0.0440. The molecule has 1 heterocycles. The standard InChI is InChI=1S/C12H9ClFNO3/c13-7-5-10(12(16)17)11(15-6-7)18-9-3-1-8(14)2-4-9/h1-6,12,16-17H. The van der Waals surface area contributed by atoms with Crippen LogP contribution in [0.5, 0.6) is 11.6 Å². The number of hydrogen-bond acceptors (Lipinski definition) is 4. The Morgan fingerprint density at radius 3 is 2.50 bits per heavy atom. The third-order valence-corrected chi connectivity index (χ3v) is 2.36. The Bertz CT molecular complexity index is 546. The molecule has 2 aromatic rings. The highest BCUT2D eigenvalue weighted by molar-refractivity contribution is 6.30. The van der Waals surface area contributed by atoms with E-state index in [0.29, 0.717) is 5.75 Å². The molecule has 0 aliphatic heterocycles. The van der Waals surface area contributed by atoms with Crippen molar-refractivity contribution in [2.45, 2.75) is 6.29 Å². The molecule has 0 saturated carbocycles. The second kappa shape index (κ2) is 5.30. The van der Waals surface area contributed by atoms with Crippen molar-refractivity contribution in [3.05, 3.63) is 52.9 Å². The molecule has 0 aliphatic rings. The number of ether oxygens (including phenoxy) is 1. The zero-order valence-corrected chi connectivity index (χ0v) is 9.80. The fourth-order valence-electron chi connectivity index (χ4n) is 1.33. The van der Waals surface area contributed by atoms with E-state index in [4.69, 9.17) is 26.6 Å². The largest absolute Gasteiger partial charge is 0.439 e. The molecule has 0 aliphatic carbocycles.